The van der Waals surface area contributed by atoms with Crippen molar-refractivity contribution in [2.45, 2.75) is 5.88 Å². The van der Waals surface area contributed by atoms with E-state index in [2.05, 4.69) is 31.0 Å². The third-order valence-electron chi connectivity index (χ3n) is 5.12. The molecule has 1 amide bonds. The Morgan fingerprint density at radius 2 is 2.15 bits per heavy atom. The first-order valence-corrected chi connectivity index (χ1v) is 11.3. The van der Waals surface area contributed by atoms with Gasteiger partial charge in [-0.25, -0.2) is 4.79 Å². The summed E-state index contributed by atoms with van der Waals surface area (Å²) in [5.41, 5.74) is 5.17. The Bertz CT molecular complexity index is 1220. The van der Waals surface area contributed by atoms with Gasteiger partial charge >= 0.3 is 5.76 Å². The molecule has 12 heteroatoms. The molecule has 4 rings (SSSR count). The molecule has 3 aromatic rings. The number of amides is 1. The van der Waals surface area contributed by atoms with Gasteiger partial charge in [-0.2, -0.15) is 5.10 Å². The molecule has 1 fully saturated rings. The predicted octanol–water partition coefficient (Wildman–Crippen LogP) is 1.27. The second-order valence-electron chi connectivity index (χ2n) is 7.13. The fourth-order valence-electron chi connectivity index (χ4n) is 3.51. The molecule has 174 valence electrons. The molecule has 0 atom stereocenters. The summed E-state index contributed by atoms with van der Waals surface area (Å²) in [6.07, 6.45) is 3.33. The van der Waals surface area contributed by atoms with Crippen LogP contribution >= 0.6 is 11.8 Å². The van der Waals surface area contributed by atoms with Crippen molar-refractivity contribution in [3.05, 3.63) is 47.2 Å². The molecule has 0 radical (unpaired) electrons. The second-order valence-corrected chi connectivity index (χ2v) is 8.06. The van der Waals surface area contributed by atoms with Gasteiger partial charge < -0.3 is 30.1 Å². The number of aromatic nitrogens is 2. The summed E-state index contributed by atoms with van der Waals surface area (Å²) in [5.74, 6) is -0.196. The lowest BCUT2D eigenvalue weighted by molar-refractivity contribution is -0.110. The quantitative estimate of drug-likeness (QED) is 0.277. The summed E-state index contributed by atoms with van der Waals surface area (Å²) < 4.78 is 11.9. The first-order chi connectivity index (χ1) is 16.1. The number of nitrogens with one attached hydrogen (secondary N) is 3. The molecule has 3 N–H and O–H groups in total. The van der Waals surface area contributed by atoms with Gasteiger partial charge in [0.05, 0.1) is 36.1 Å². The first kappa shape index (κ1) is 22.7. The molecule has 1 saturated heterocycles. The van der Waals surface area contributed by atoms with Gasteiger partial charge in [-0.05, 0) is 18.2 Å². The molecule has 2 aromatic heterocycles. The standard InChI is InChI=1S/C21H25N7O4S/c1-22-26-20(33-13-28-17-4-3-14(31-2)11-18(17)32-21(28)30)19(29)25-15-12-24-6-5-16(15)27-9-7-23-8-10-27/h3-6,11-12,22-23H,7-10,13H2,1-2H3,(H,25,29). The normalized spacial score (nSPS) is 14.4. The average molecular weight is 472 g/mol. The molecule has 0 unspecified atom stereocenters. The Morgan fingerprint density at radius 3 is 2.91 bits per heavy atom. The number of piperazine rings is 1. The highest BCUT2D eigenvalue weighted by molar-refractivity contribution is 8.14. The maximum absolute atomic E-state index is 13.0. The minimum atomic E-state index is -0.525. The SMILES string of the molecule is CNN=C(SCn1c(=O)oc2cc(OC)ccc21)C(=O)Nc1cnccc1N1CCNCC1. The fourth-order valence-corrected chi connectivity index (χ4v) is 4.35. The van der Waals surface area contributed by atoms with Gasteiger partial charge in [-0.15, -0.1) is 0 Å². The van der Waals surface area contributed by atoms with Crippen LogP contribution in [-0.4, -0.2) is 60.8 Å². The topological polar surface area (TPSA) is 126 Å². The van der Waals surface area contributed by atoms with Crippen LogP contribution in [0.4, 0.5) is 11.4 Å². The number of benzene rings is 1. The number of rotatable bonds is 6. The number of anilines is 2. The van der Waals surface area contributed by atoms with Crippen LogP contribution in [0.1, 0.15) is 0 Å². The summed E-state index contributed by atoms with van der Waals surface area (Å²) >= 11 is 1.11. The minimum absolute atomic E-state index is 0.143. The summed E-state index contributed by atoms with van der Waals surface area (Å²) in [6.45, 7) is 3.41. The molecule has 1 aliphatic rings. The second kappa shape index (κ2) is 10.4. The zero-order chi connectivity index (χ0) is 23.2. The van der Waals surface area contributed by atoms with E-state index in [0.717, 1.165) is 43.6 Å². The summed E-state index contributed by atoms with van der Waals surface area (Å²) in [6, 6.07) is 7.01. The third-order valence-corrected chi connectivity index (χ3v) is 6.05. The lowest BCUT2D eigenvalue weighted by Gasteiger charge is -2.30. The van der Waals surface area contributed by atoms with E-state index in [1.54, 1.807) is 44.8 Å². The van der Waals surface area contributed by atoms with Gasteiger partial charge in [-0.1, -0.05) is 11.8 Å². The monoisotopic (exact) mass is 471 g/mol. The Labute approximate surface area is 194 Å². The molecule has 0 saturated carbocycles. The molecule has 33 heavy (non-hydrogen) atoms. The molecule has 3 heterocycles. The van der Waals surface area contributed by atoms with Crippen molar-refractivity contribution in [1.29, 1.82) is 0 Å². The number of hydrazone groups is 1. The molecule has 0 aliphatic carbocycles. The smallest absolute Gasteiger partial charge is 0.420 e. The third kappa shape index (κ3) is 5.12. The van der Waals surface area contributed by atoms with Crippen LogP contribution in [-0.2, 0) is 10.7 Å². The number of carbonyl (C=O) groups excluding carboxylic acids is 1. The van der Waals surface area contributed by atoms with Gasteiger partial charge in [0.1, 0.15) is 5.75 Å². The minimum Gasteiger partial charge on any atom is -0.497 e. The van der Waals surface area contributed by atoms with Crippen LogP contribution in [0.2, 0.25) is 0 Å². The van der Waals surface area contributed by atoms with Crippen LogP contribution < -0.4 is 31.5 Å². The number of ether oxygens (including phenoxy) is 1. The Kier molecular flexibility index (Phi) is 7.15. The van der Waals surface area contributed by atoms with Crippen molar-refractivity contribution in [1.82, 2.24) is 20.3 Å². The molecule has 1 aromatic carbocycles. The first-order valence-electron chi connectivity index (χ1n) is 10.4. The summed E-state index contributed by atoms with van der Waals surface area (Å²) in [4.78, 5) is 31.8. The highest BCUT2D eigenvalue weighted by atomic mass is 32.2. The molecule has 1 aliphatic heterocycles. The van der Waals surface area contributed by atoms with Gasteiger partial charge in [0, 0.05) is 45.5 Å². The largest absolute Gasteiger partial charge is 0.497 e. The van der Waals surface area contributed by atoms with Crippen LogP contribution in [0, 0.1) is 0 Å². The Morgan fingerprint density at radius 1 is 1.33 bits per heavy atom. The van der Waals surface area contributed by atoms with E-state index >= 15 is 0 Å². The van der Waals surface area contributed by atoms with Crippen LogP contribution in [0.5, 0.6) is 5.75 Å². The van der Waals surface area contributed by atoms with E-state index in [9.17, 15) is 9.59 Å². The van der Waals surface area contributed by atoms with E-state index in [0.29, 0.717) is 22.5 Å². The van der Waals surface area contributed by atoms with E-state index < -0.39 is 11.7 Å². The lowest BCUT2D eigenvalue weighted by Crippen LogP contribution is -2.43. The van der Waals surface area contributed by atoms with E-state index in [1.165, 1.54) is 4.57 Å². The molecule has 11 nitrogen and oxygen atoms in total. The van der Waals surface area contributed by atoms with Gasteiger partial charge in [0.25, 0.3) is 5.91 Å². The van der Waals surface area contributed by atoms with E-state index in [1.807, 2.05) is 6.07 Å². The lowest BCUT2D eigenvalue weighted by atomic mass is 10.2. The summed E-state index contributed by atoms with van der Waals surface area (Å²) in [7, 11) is 3.15. The number of pyridine rings is 1. The number of fused-ring (bicyclic) bond motifs is 1. The van der Waals surface area contributed by atoms with Crippen molar-refractivity contribution >= 4 is 45.2 Å². The Hall–Kier alpha value is -3.51. The van der Waals surface area contributed by atoms with Crippen molar-refractivity contribution < 1.29 is 13.9 Å². The maximum Gasteiger partial charge on any atom is 0.420 e. The van der Waals surface area contributed by atoms with Crippen LogP contribution in [0.15, 0.2) is 51.0 Å². The van der Waals surface area contributed by atoms with Crippen molar-refractivity contribution in [2.24, 2.45) is 5.10 Å². The number of thioether (sulfide) groups is 1. The fraction of sp³-hybridized carbons (Fsp3) is 0.333. The number of carbonyl (C=O) groups is 1. The van der Waals surface area contributed by atoms with Crippen molar-refractivity contribution in [2.75, 3.05) is 50.6 Å². The Balaban J connectivity index is 1.51. The molecular weight excluding hydrogens is 446 g/mol. The van der Waals surface area contributed by atoms with E-state index in [4.69, 9.17) is 9.15 Å². The highest BCUT2D eigenvalue weighted by Gasteiger charge is 2.20. The van der Waals surface area contributed by atoms with Gasteiger partial charge in [0.15, 0.2) is 10.6 Å². The van der Waals surface area contributed by atoms with E-state index in [-0.39, 0.29) is 10.9 Å². The zero-order valence-corrected chi connectivity index (χ0v) is 19.1. The summed E-state index contributed by atoms with van der Waals surface area (Å²) in [5, 5.41) is 10.5. The molecule has 0 spiro atoms. The number of hydrogen-bond donors (Lipinski definition) is 3. The molecular formula is C21H25N7O4S. The number of hydrogen-bond acceptors (Lipinski definition) is 10. The van der Waals surface area contributed by atoms with Gasteiger partial charge in [0.2, 0.25) is 0 Å². The average Bonchev–Trinajstić information content (AvgIpc) is 3.16. The van der Waals surface area contributed by atoms with Crippen molar-refractivity contribution in [3.8, 4) is 5.75 Å². The zero-order valence-electron chi connectivity index (χ0n) is 18.3. The highest BCUT2D eigenvalue weighted by Crippen LogP contribution is 2.26. The maximum atomic E-state index is 13.0. The van der Waals surface area contributed by atoms with Crippen LogP contribution in [0.25, 0.3) is 11.1 Å². The van der Waals surface area contributed by atoms with Crippen molar-refractivity contribution in [3.63, 3.8) is 0 Å². The number of methoxy groups -OCH3 is 1. The van der Waals surface area contributed by atoms with Crippen LogP contribution in [0.3, 0.4) is 0 Å². The predicted molar refractivity (Wildman–Crippen MR) is 129 cm³/mol. The van der Waals surface area contributed by atoms with Gasteiger partial charge in [-0.3, -0.25) is 14.3 Å². The number of nitrogens with zero attached hydrogens (tertiary/aromatic N) is 4. The number of oxazole rings is 1. The molecule has 0 bridgehead atoms.